The van der Waals surface area contributed by atoms with Crippen LogP contribution in [0.15, 0.2) is 36.7 Å². The molecule has 4 aromatic rings. The van der Waals surface area contributed by atoms with Crippen LogP contribution in [0.1, 0.15) is 81.6 Å². The van der Waals surface area contributed by atoms with E-state index in [1.54, 1.807) is 27.1 Å². The standard InChI is InChI=1S/C29H36F3N7O/c1-17(40)15-33-28(2,3)26-25-21(14-22(35-26)29(30,31)32)24(36-37-25)20-12-8-11-19(13-20)23(18-9-6-5-7-10-18)27-38-34-16-39(27)4/h8,11-14,16-18,23,33,40H,5-7,9-10,15H2,1-4H3,(H,36,37)/t17-,23+/m0/s1. The number of pyridine rings is 1. The molecule has 40 heavy (non-hydrogen) atoms. The summed E-state index contributed by atoms with van der Waals surface area (Å²) in [6.07, 6.45) is 2.12. The van der Waals surface area contributed by atoms with Crippen LogP contribution in [0.4, 0.5) is 13.2 Å². The summed E-state index contributed by atoms with van der Waals surface area (Å²) >= 11 is 0. The molecule has 0 bridgehead atoms. The number of hydrogen-bond acceptors (Lipinski definition) is 6. The van der Waals surface area contributed by atoms with Gasteiger partial charge in [0.1, 0.15) is 23.5 Å². The highest BCUT2D eigenvalue weighted by molar-refractivity contribution is 5.94. The zero-order chi connectivity index (χ0) is 28.7. The van der Waals surface area contributed by atoms with Crippen molar-refractivity contribution < 1.29 is 18.3 Å². The van der Waals surface area contributed by atoms with Crippen LogP contribution >= 0.6 is 0 Å². The first-order valence-electron chi connectivity index (χ1n) is 13.8. The van der Waals surface area contributed by atoms with Crippen LogP contribution in [0.25, 0.3) is 22.2 Å². The van der Waals surface area contributed by atoms with E-state index in [0.717, 1.165) is 43.1 Å². The fraction of sp³-hybridized carbons (Fsp3) is 0.517. The molecule has 2 atom stereocenters. The second-order valence-corrected chi connectivity index (χ2v) is 11.5. The zero-order valence-electron chi connectivity index (χ0n) is 23.3. The largest absolute Gasteiger partial charge is 0.433 e. The molecule has 1 fully saturated rings. The van der Waals surface area contributed by atoms with Crippen molar-refractivity contribution in [3.8, 4) is 11.3 Å². The van der Waals surface area contributed by atoms with E-state index in [4.69, 9.17) is 0 Å². The van der Waals surface area contributed by atoms with Gasteiger partial charge in [-0.15, -0.1) is 10.2 Å². The molecular weight excluding hydrogens is 519 g/mol. The lowest BCUT2D eigenvalue weighted by molar-refractivity contribution is -0.141. The molecule has 11 heteroatoms. The van der Waals surface area contributed by atoms with Gasteiger partial charge in [0, 0.05) is 30.5 Å². The fourth-order valence-electron chi connectivity index (χ4n) is 5.87. The van der Waals surface area contributed by atoms with Crippen LogP contribution in [0.3, 0.4) is 0 Å². The summed E-state index contributed by atoms with van der Waals surface area (Å²) in [6.45, 7) is 5.30. The smallest absolute Gasteiger partial charge is 0.392 e. The Labute approximate surface area is 231 Å². The molecule has 0 spiro atoms. The summed E-state index contributed by atoms with van der Waals surface area (Å²) in [6, 6.07) is 8.95. The van der Waals surface area contributed by atoms with Crippen LogP contribution in [0.5, 0.6) is 0 Å². The summed E-state index contributed by atoms with van der Waals surface area (Å²) < 4.78 is 44.1. The molecule has 5 rings (SSSR count). The maximum absolute atomic E-state index is 14.0. The van der Waals surface area contributed by atoms with Crippen LogP contribution in [-0.4, -0.2) is 47.7 Å². The first kappa shape index (κ1) is 28.2. The van der Waals surface area contributed by atoms with Crippen molar-refractivity contribution in [3.63, 3.8) is 0 Å². The van der Waals surface area contributed by atoms with Crippen molar-refractivity contribution in [2.45, 2.75) is 76.6 Å². The first-order chi connectivity index (χ1) is 19.0. The van der Waals surface area contributed by atoms with Gasteiger partial charge in [-0.05, 0) is 57.2 Å². The lowest BCUT2D eigenvalue weighted by atomic mass is 9.76. The molecule has 1 aromatic carbocycles. The van der Waals surface area contributed by atoms with Crippen molar-refractivity contribution in [1.82, 2.24) is 35.3 Å². The number of halogens is 3. The number of aliphatic hydroxyl groups is 1. The number of nitrogens with one attached hydrogen (secondary N) is 2. The third-order valence-electron chi connectivity index (χ3n) is 7.94. The number of alkyl halides is 3. The maximum Gasteiger partial charge on any atom is 0.433 e. The Bertz CT molecular complexity index is 1470. The molecule has 8 nitrogen and oxygen atoms in total. The van der Waals surface area contributed by atoms with Gasteiger partial charge in [0.05, 0.1) is 22.9 Å². The number of nitrogens with zero attached hydrogens (tertiary/aromatic N) is 5. The molecule has 0 unspecified atom stereocenters. The molecule has 3 heterocycles. The van der Waals surface area contributed by atoms with Gasteiger partial charge in [-0.25, -0.2) is 4.98 Å². The minimum Gasteiger partial charge on any atom is -0.392 e. The van der Waals surface area contributed by atoms with Crippen molar-refractivity contribution in [2.24, 2.45) is 13.0 Å². The van der Waals surface area contributed by atoms with Gasteiger partial charge in [0.25, 0.3) is 0 Å². The molecule has 1 aliphatic rings. The number of aryl methyl sites for hydroxylation is 1. The number of aliphatic hydroxyl groups excluding tert-OH is 1. The topological polar surface area (TPSA) is 105 Å². The predicted molar refractivity (Wildman–Crippen MR) is 146 cm³/mol. The lowest BCUT2D eigenvalue weighted by Gasteiger charge is -2.30. The average molecular weight is 556 g/mol. The van der Waals surface area contributed by atoms with E-state index < -0.39 is 23.5 Å². The molecule has 3 aromatic heterocycles. The molecule has 0 amide bonds. The Morgan fingerprint density at radius 1 is 1.15 bits per heavy atom. The Balaban J connectivity index is 1.63. The Hall–Kier alpha value is -3.31. The van der Waals surface area contributed by atoms with E-state index in [1.807, 2.05) is 29.8 Å². The van der Waals surface area contributed by atoms with Crippen LogP contribution in [0, 0.1) is 5.92 Å². The van der Waals surface area contributed by atoms with Crippen molar-refractivity contribution in [3.05, 3.63) is 59.4 Å². The van der Waals surface area contributed by atoms with Gasteiger partial charge in [-0.3, -0.25) is 5.10 Å². The number of aromatic amines is 1. The summed E-state index contributed by atoms with van der Waals surface area (Å²) in [7, 11) is 1.94. The van der Waals surface area contributed by atoms with Crippen LogP contribution < -0.4 is 5.32 Å². The van der Waals surface area contributed by atoms with Crippen molar-refractivity contribution >= 4 is 10.9 Å². The lowest BCUT2D eigenvalue weighted by Crippen LogP contribution is -2.41. The third kappa shape index (κ3) is 5.62. The summed E-state index contributed by atoms with van der Waals surface area (Å²) in [5.74, 6) is 1.30. The highest BCUT2D eigenvalue weighted by Crippen LogP contribution is 2.42. The number of H-pyrrole nitrogens is 1. The van der Waals surface area contributed by atoms with E-state index >= 15 is 0 Å². The van der Waals surface area contributed by atoms with Gasteiger partial charge in [-0.2, -0.15) is 18.3 Å². The molecule has 1 aliphatic carbocycles. The molecule has 0 saturated heterocycles. The van der Waals surface area contributed by atoms with Crippen molar-refractivity contribution in [2.75, 3.05) is 6.54 Å². The van der Waals surface area contributed by atoms with Gasteiger partial charge in [0.15, 0.2) is 0 Å². The monoisotopic (exact) mass is 555 g/mol. The number of rotatable bonds is 8. The average Bonchev–Trinajstić information content (AvgIpc) is 3.54. The maximum atomic E-state index is 14.0. The molecule has 0 aliphatic heterocycles. The fourth-order valence-corrected chi connectivity index (χ4v) is 5.87. The quantitative estimate of drug-likeness (QED) is 0.258. The Morgan fingerprint density at radius 3 is 2.55 bits per heavy atom. The highest BCUT2D eigenvalue weighted by Gasteiger charge is 2.37. The van der Waals surface area contributed by atoms with Crippen LogP contribution in [-0.2, 0) is 18.8 Å². The summed E-state index contributed by atoms with van der Waals surface area (Å²) in [4.78, 5) is 4.02. The zero-order valence-corrected chi connectivity index (χ0v) is 23.3. The minimum absolute atomic E-state index is 0.0181. The molecule has 3 N–H and O–H groups in total. The van der Waals surface area contributed by atoms with E-state index in [2.05, 4.69) is 36.8 Å². The Morgan fingerprint density at radius 2 is 1.90 bits per heavy atom. The molecule has 1 saturated carbocycles. The van der Waals surface area contributed by atoms with Gasteiger partial charge >= 0.3 is 6.18 Å². The van der Waals surface area contributed by atoms with Gasteiger partial charge in [0.2, 0.25) is 0 Å². The van der Waals surface area contributed by atoms with Crippen molar-refractivity contribution in [1.29, 1.82) is 0 Å². The second-order valence-electron chi connectivity index (χ2n) is 11.5. The number of hydrogen-bond donors (Lipinski definition) is 3. The molecular formula is C29H36F3N7O. The summed E-state index contributed by atoms with van der Waals surface area (Å²) in [5, 5.41) is 29.3. The van der Waals surface area contributed by atoms with Crippen LogP contribution in [0.2, 0.25) is 0 Å². The van der Waals surface area contributed by atoms with Gasteiger partial charge in [-0.1, -0.05) is 37.5 Å². The number of benzene rings is 1. The highest BCUT2D eigenvalue weighted by atomic mass is 19.4. The summed E-state index contributed by atoms with van der Waals surface area (Å²) in [5.41, 5.74) is 0.838. The molecule has 0 radical (unpaired) electrons. The number of fused-ring (bicyclic) bond motifs is 1. The van der Waals surface area contributed by atoms with E-state index in [0.29, 0.717) is 28.1 Å². The molecule has 214 valence electrons. The van der Waals surface area contributed by atoms with Gasteiger partial charge < -0.3 is 15.0 Å². The predicted octanol–water partition coefficient (Wildman–Crippen LogP) is 5.69. The normalized spacial score (nSPS) is 16.9. The van der Waals surface area contributed by atoms with E-state index in [-0.39, 0.29) is 18.2 Å². The van der Waals surface area contributed by atoms with E-state index in [1.165, 1.54) is 6.42 Å². The Kier molecular flexibility index (Phi) is 7.71. The number of aromatic nitrogens is 6. The minimum atomic E-state index is -4.64. The van der Waals surface area contributed by atoms with E-state index in [9.17, 15) is 18.3 Å². The second kappa shape index (κ2) is 10.9. The first-order valence-corrected chi connectivity index (χ1v) is 13.8. The third-order valence-corrected chi connectivity index (χ3v) is 7.94. The SMILES string of the molecule is C[C@H](O)CNC(C)(C)c1nc(C(F)(F)F)cc2c(-c3cccc([C@H](c4nncn4C)C4CCCCC4)c3)n[nH]c12.